The van der Waals surface area contributed by atoms with E-state index in [1.807, 2.05) is 12.1 Å². The van der Waals surface area contributed by atoms with Gasteiger partial charge in [-0.05, 0) is 184 Å². The predicted molar refractivity (Wildman–Crippen MR) is 466 cm³/mol. The van der Waals surface area contributed by atoms with Gasteiger partial charge in [0.15, 0.2) is 11.5 Å². The van der Waals surface area contributed by atoms with Gasteiger partial charge >= 0.3 is 0 Å². The number of para-hydroxylation sites is 5. The van der Waals surface area contributed by atoms with Gasteiger partial charge in [0.1, 0.15) is 0 Å². The zero-order valence-electron chi connectivity index (χ0n) is 65.5. The maximum absolute atomic E-state index is 12.2. The maximum atomic E-state index is 12.2. The van der Waals surface area contributed by atoms with Crippen LogP contribution in [0, 0.1) is 0 Å². The molecule has 5 nitrogen and oxygen atoms in total. The summed E-state index contributed by atoms with van der Waals surface area (Å²) in [6.45, 7) is 20.0. The first-order chi connectivity index (χ1) is 54.2. The van der Waals surface area contributed by atoms with Gasteiger partial charge in [0.25, 0.3) is 6.71 Å². The normalized spacial score (nSPS) is 13.8. The third-order valence-corrected chi connectivity index (χ3v) is 24.4. The van der Waals surface area contributed by atoms with Crippen molar-refractivity contribution in [3.8, 4) is 61.7 Å². The van der Waals surface area contributed by atoms with Crippen LogP contribution in [0.2, 0.25) is 0 Å². The Balaban J connectivity index is 1.00. The van der Waals surface area contributed by atoms with Crippen LogP contribution in [0.4, 0.5) is 51.2 Å². The minimum absolute atomic E-state index is 0.0227. The third kappa shape index (κ3) is 10.1. The highest BCUT2D eigenvalue weighted by molar-refractivity contribution is 7.33. The molecule has 522 valence electrons. The number of nitrogens with zero attached hydrogens (tertiary/aromatic N) is 4. The first kappa shape index (κ1) is 61.7. The summed E-state index contributed by atoms with van der Waals surface area (Å²) < 4.78 is 46.6. The molecule has 0 bridgehead atoms. The molecule has 0 saturated heterocycles. The van der Waals surface area contributed by atoms with Crippen molar-refractivity contribution in [1.29, 1.82) is 0 Å². The molecule has 0 aliphatic carbocycles. The zero-order valence-corrected chi connectivity index (χ0v) is 63.3. The fourth-order valence-corrected chi connectivity index (χ4v) is 19.2. The van der Waals surface area contributed by atoms with Crippen molar-refractivity contribution >= 4 is 149 Å². The minimum atomic E-state index is -0.717. The molecule has 0 N–H and O–H groups in total. The van der Waals surface area contributed by atoms with Crippen LogP contribution in [0.3, 0.4) is 0 Å². The average Bonchev–Trinajstić information content (AvgIpc) is 1.20. The fraction of sp³-hybridized carbons (Fsp3) is 0.118. The largest absolute Gasteiger partial charge is 0.453 e. The highest BCUT2D eigenvalue weighted by atomic mass is 32.1. The van der Waals surface area contributed by atoms with Gasteiger partial charge in [-0.3, -0.25) is 0 Å². The average molecular weight is 1420 g/mol. The molecule has 0 unspecified atom stereocenters. The van der Waals surface area contributed by atoms with Crippen LogP contribution in [-0.4, -0.2) is 11.3 Å². The van der Waals surface area contributed by atoms with E-state index in [1.165, 1.54) is 16.5 Å². The van der Waals surface area contributed by atoms with E-state index in [1.54, 1.807) is 11.3 Å². The topological polar surface area (TPSA) is 23.9 Å². The van der Waals surface area contributed by atoms with E-state index in [2.05, 4.69) is 367 Å². The summed E-state index contributed by atoms with van der Waals surface area (Å²) in [6.07, 6.45) is 0. The Labute approximate surface area is 645 Å². The Morgan fingerprint density at radius 3 is 1.39 bits per heavy atom. The van der Waals surface area contributed by atoms with E-state index in [-0.39, 0.29) is 34.4 Å². The van der Waals surface area contributed by atoms with Gasteiger partial charge in [-0.2, -0.15) is 0 Å². The molecule has 0 fully saturated rings. The molecule has 0 amide bonds. The predicted octanol–water partition coefficient (Wildman–Crippen LogP) is 27.1. The number of hydrogen-bond donors (Lipinski definition) is 0. The number of thiophene rings is 1. The van der Waals surface area contributed by atoms with Crippen molar-refractivity contribution in [2.45, 2.75) is 78.6 Å². The first-order valence-corrected chi connectivity index (χ1v) is 38.9. The second-order valence-corrected chi connectivity index (χ2v) is 34.0. The fourth-order valence-electron chi connectivity index (χ4n) is 17.8. The van der Waals surface area contributed by atoms with Gasteiger partial charge in [-0.25, -0.2) is 0 Å². The molecule has 0 radical (unpaired) electrons. The summed E-state index contributed by atoms with van der Waals surface area (Å²) in [4.78, 5) is 7.43. The Bertz CT molecular complexity index is 6790. The number of ether oxygens (including phenoxy) is 1. The van der Waals surface area contributed by atoms with E-state index in [9.17, 15) is 4.11 Å². The lowest BCUT2D eigenvalue weighted by Crippen LogP contribution is -2.60. The summed E-state index contributed by atoms with van der Waals surface area (Å²) in [5.41, 5.74) is 22.3. The molecule has 0 atom stereocenters. The monoisotopic (exact) mass is 1420 g/mol. The van der Waals surface area contributed by atoms with Gasteiger partial charge in [-0.15, -0.1) is 11.3 Å². The van der Waals surface area contributed by atoms with Crippen molar-refractivity contribution < 1.29 is 8.85 Å². The van der Waals surface area contributed by atoms with Crippen LogP contribution in [0.1, 0.15) is 83.1 Å². The molecule has 0 spiro atoms. The molecular formula is C102H79BN4OS. The van der Waals surface area contributed by atoms with Crippen molar-refractivity contribution in [3.05, 3.63) is 332 Å². The number of fused-ring (bicyclic) bond motifs is 12. The summed E-state index contributed by atoms with van der Waals surface area (Å²) >= 11 is 1.79. The van der Waals surface area contributed by atoms with Crippen molar-refractivity contribution in [2.24, 2.45) is 0 Å². The Hall–Kier alpha value is -12.4. The molecule has 3 aliphatic heterocycles. The van der Waals surface area contributed by atoms with Crippen LogP contribution in [0.25, 0.3) is 114 Å². The van der Waals surface area contributed by atoms with E-state index in [0.29, 0.717) is 28.3 Å². The van der Waals surface area contributed by atoms with Crippen LogP contribution in [-0.2, 0) is 16.2 Å². The van der Waals surface area contributed by atoms with Crippen molar-refractivity contribution in [2.75, 3.05) is 14.7 Å². The van der Waals surface area contributed by atoms with Gasteiger partial charge in [0.2, 0.25) is 0 Å². The second-order valence-electron chi connectivity index (χ2n) is 32.9. The smallest absolute Gasteiger partial charge is 0.264 e. The highest BCUT2D eigenvalue weighted by Gasteiger charge is 2.48. The van der Waals surface area contributed by atoms with Crippen molar-refractivity contribution in [3.63, 3.8) is 0 Å². The molecule has 3 aliphatic rings. The summed E-state index contributed by atoms with van der Waals surface area (Å²) in [5, 5.41) is 9.83. The van der Waals surface area contributed by atoms with Gasteiger partial charge in [-0.1, -0.05) is 287 Å². The molecule has 0 saturated carbocycles. The van der Waals surface area contributed by atoms with Gasteiger partial charge in [0.05, 0.1) is 49.3 Å². The Kier molecular flexibility index (Phi) is 13.6. The lowest BCUT2D eigenvalue weighted by atomic mass is 9.36. The molecular weight excluding hydrogens is 1340 g/mol. The molecule has 21 rings (SSSR count). The van der Waals surface area contributed by atoms with E-state index in [4.69, 9.17) is 4.74 Å². The zero-order chi connectivity index (χ0) is 76.1. The lowest BCUT2D eigenvalue weighted by Gasteiger charge is -2.46. The molecule has 2 aromatic heterocycles. The van der Waals surface area contributed by atoms with Gasteiger partial charge < -0.3 is 24.0 Å². The molecule has 5 heterocycles. The van der Waals surface area contributed by atoms with Crippen LogP contribution >= 0.6 is 11.3 Å². The molecule has 18 aromatic rings. The van der Waals surface area contributed by atoms with Crippen LogP contribution < -0.4 is 35.1 Å². The number of rotatable bonds is 8. The van der Waals surface area contributed by atoms with E-state index >= 15 is 0 Å². The van der Waals surface area contributed by atoms with Gasteiger partial charge in [0, 0.05) is 76.0 Å². The highest BCUT2D eigenvalue weighted by Crippen LogP contribution is 2.60. The minimum Gasteiger partial charge on any atom is -0.453 e. The number of benzene rings is 16. The summed E-state index contributed by atoms with van der Waals surface area (Å²) in [7, 11) is 0. The summed E-state index contributed by atoms with van der Waals surface area (Å²) in [6, 6.07) is 108. The quantitative estimate of drug-likeness (QED) is 0.112. The molecule has 16 aromatic carbocycles. The first-order valence-electron chi connectivity index (χ1n) is 39.6. The Morgan fingerprint density at radius 2 is 0.835 bits per heavy atom. The lowest BCUT2D eigenvalue weighted by molar-refractivity contribution is 0.477. The summed E-state index contributed by atoms with van der Waals surface area (Å²) in [5.74, 6) is 1.43. The van der Waals surface area contributed by atoms with Crippen LogP contribution in [0.15, 0.2) is 315 Å². The Morgan fingerprint density at radius 1 is 0.349 bits per heavy atom. The third-order valence-electron chi connectivity index (χ3n) is 23.2. The number of hydrogen-bond acceptors (Lipinski definition) is 5. The van der Waals surface area contributed by atoms with E-state index in [0.717, 1.165) is 165 Å². The van der Waals surface area contributed by atoms with E-state index < -0.39 is 6.71 Å². The number of anilines is 9. The van der Waals surface area contributed by atoms with Crippen molar-refractivity contribution in [1.82, 2.24) is 4.57 Å². The molecule has 7 heteroatoms. The maximum Gasteiger partial charge on any atom is 0.264 e. The SMILES string of the molecule is [2H]c1c([2H])c(-n2c3ccccc3c3cc4ccc5cccc6ccc(c4c56)c32)c([2H])c2c1B1c3sc4cc(C(C)(C)C)ccc4c3N(c3c(-c4ccccc4)cc(C(C)(C)C)cc3-c3ccccc3)c3cc(N4c5ccccc5Oc5ccccc54)cc(c31)N2c1c(-c2ccccc2)cc(C(C)(C)C)cc1-c1ccccc1. The van der Waals surface area contributed by atoms with Crippen LogP contribution in [0.5, 0.6) is 11.5 Å². The number of aromatic nitrogens is 1. The second kappa shape index (κ2) is 24.0. The standard InChI is InChI=1S/C102H79BN4OS/c1-100(2,3)69-48-51-75-91(58-69)109-99-98(75)107(97-79(64-33-18-12-19-34-64)56-71(102(7,8)9)57-80(97)65-35-20-13-21-36-65)88-61-73(104-84-41-24-26-43-89(84)108-90-44-27-25-42-85(90)104)60-87-94(88)103(99)82-52-49-72(105-83-40-23-22-39-74(83)81-53-68-46-45-66-37-28-38-67-47-50-76(95(81)105)93(68)92(66)67)59-86(82)106(87)96-77(62-29-14-10-15-30-62)54-70(101(4,5)6)55-78(96)63-31-16-11-17-32-63/h10-61H,1-9H3/i49D,52D,59D. The molecule has 109 heavy (non-hydrogen) atoms.